The lowest BCUT2D eigenvalue weighted by atomic mass is 9.96. The Hall–Kier alpha value is -1.73. The minimum absolute atomic E-state index is 0.0555. The number of methoxy groups -OCH3 is 1. The number of ether oxygens (including phenoxy) is 1. The summed E-state index contributed by atoms with van der Waals surface area (Å²) < 4.78 is 5.19. The zero-order chi connectivity index (χ0) is 18.7. The van der Waals surface area contributed by atoms with E-state index in [9.17, 15) is 4.79 Å². The van der Waals surface area contributed by atoms with E-state index in [0.717, 1.165) is 33.7 Å². The zero-order valence-electron chi connectivity index (χ0n) is 15.4. The number of nitrogens with one attached hydrogen (secondary N) is 1. The highest BCUT2D eigenvalue weighted by Crippen LogP contribution is 2.48. The average molecular weight is 390 g/mol. The van der Waals surface area contributed by atoms with Crippen LogP contribution in [0.5, 0.6) is 5.75 Å². The number of hydrogen-bond donors (Lipinski definition) is 1. The third-order valence-corrected chi connectivity index (χ3v) is 6.58. The molecular weight excluding hydrogens is 366 g/mol. The van der Waals surface area contributed by atoms with Crippen molar-refractivity contribution >= 4 is 35.1 Å². The van der Waals surface area contributed by atoms with Crippen molar-refractivity contribution in [1.82, 2.24) is 9.97 Å². The summed E-state index contributed by atoms with van der Waals surface area (Å²) >= 11 is 3.30. The van der Waals surface area contributed by atoms with Gasteiger partial charge in [-0.25, -0.2) is 9.97 Å². The molecule has 0 saturated carbocycles. The molecule has 1 aromatic carbocycles. The zero-order valence-corrected chi connectivity index (χ0v) is 17.0. The van der Waals surface area contributed by atoms with Gasteiger partial charge in [0.1, 0.15) is 21.6 Å². The smallest absolute Gasteiger partial charge is 0.234 e. The summed E-state index contributed by atoms with van der Waals surface area (Å²) in [6.45, 7) is 6.34. The van der Waals surface area contributed by atoms with E-state index < -0.39 is 0 Å². The molecule has 0 spiro atoms. The molecule has 0 bridgehead atoms. The first-order chi connectivity index (χ1) is 12.5. The molecule has 1 aromatic heterocycles. The van der Waals surface area contributed by atoms with Gasteiger partial charge in [0.05, 0.1) is 12.9 Å². The third kappa shape index (κ3) is 4.15. The standard InChI is InChI=1S/C19H23N3O2S2/c1-5-15-11(2)26-19-17(15)18(20-12(3)21-19)25-10-16(23)22-13-7-6-8-14(9-13)24-4/h6-9,11,15H,5,10H2,1-4H3,(H,22,23). The van der Waals surface area contributed by atoms with Crippen LogP contribution >= 0.6 is 23.5 Å². The molecule has 5 nitrogen and oxygen atoms in total. The van der Waals surface area contributed by atoms with Gasteiger partial charge < -0.3 is 10.1 Å². The molecule has 1 aliphatic rings. The van der Waals surface area contributed by atoms with Gasteiger partial charge in [0, 0.05) is 28.5 Å². The maximum absolute atomic E-state index is 12.4. The van der Waals surface area contributed by atoms with Gasteiger partial charge in [-0.3, -0.25) is 4.79 Å². The molecule has 3 rings (SSSR count). The van der Waals surface area contributed by atoms with Crippen LogP contribution in [0.4, 0.5) is 5.69 Å². The Balaban J connectivity index is 1.71. The van der Waals surface area contributed by atoms with Crippen molar-refractivity contribution in [2.45, 2.75) is 48.4 Å². The molecule has 2 heterocycles. The minimum Gasteiger partial charge on any atom is -0.497 e. The molecule has 0 saturated heterocycles. The SMILES string of the molecule is CCC1c2c(SCC(=O)Nc3cccc(OC)c3)nc(C)nc2SC1C. The summed E-state index contributed by atoms with van der Waals surface area (Å²) in [5.41, 5.74) is 1.95. The van der Waals surface area contributed by atoms with Crippen LogP contribution in [-0.4, -0.2) is 34.0 Å². The van der Waals surface area contributed by atoms with Crippen molar-refractivity contribution in [3.8, 4) is 5.75 Å². The summed E-state index contributed by atoms with van der Waals surface area (Å²) in [5.74, 6) is 2.18. The summed E-state index contributed by atoms with van der Waals surface area (Å²) in [5, 5.41) is 5.43. The molecule has 0 radical (unpaired) electrons. The Bertz CT molecular complexity index is 813. The topological polar surface area (TPSA) is 64.1 Å². The van der Waals surface area contributed by atoms with Gasteiger partial charge in [0.2, 0.25) is 5.91 Å². The molecule has 1 aliphatic heterocycles. The van der Waals surface area contributed by atoms with E-state index in [1.54, 1.807) is 13.2 Å². The lowest BCUT2D eigenvalue weighted by molar-refractivity contribution is -0.113. The van der Waals surface area contributed by atoms with E-state index in [4.69, 9.17) is 4.74 Å². The fraction of sp³-hybridized carbons (Fsp3) is 0.421. The van der Waals surface area contributed by atoms with Gasteiger partial charge in [0.15, 0.2) is 0 Å². The molecule has 26 heavy (non-hydrogen) atoms. The highest BCUT2D eigenvalue weighted by molar-refractivity contribution is 8.01. The molecule has 138 valence electrons. The summed E-state index contributed by atoms with van der Waals surface area (Å²) in [6, 6.07) is 7.36. The van der Waals surface area contributed by atoms with Crippen LogP contribution in [0.2, 0.25) is 0 Å². The maximum Gasteiger partial charge on any atom is 0.234 e. The van der Waals surface area contributed by atoms with Gasteiger partial charge in [0.25, 0.3) is 0 Å². The number of carbonyl (C=O) groups is 1. The van der Waals surface area contributed by atoms with Crippen molar-refractivity contribution in [3.05, 3.63) is 35.7 Å². The van der Waals surface area contributed by atoms with Gasteiger partial charge in [-0.15, -0.1) is 11.8 Å². The number of nitrogens with zero attached hydrogens (tertiary/aromatic N) is 2. The molecule has 0 aliphatic carbocycles. The predicted octanol–water partition coefficient (Wildman–Crippen LogP) is 4.51. The Labute approximate surface area is 162 Å². The van der Waals surface area contributed by atoms with Gasteiger partial charge in [-0.05, 0) is 25.5 Å². The lowest BCUT2D eigenvalue weighted by Gasteiger charge is -2.15. The molecule has 2 atom stereocenters. The molecule has 7 heteroatoms. The number of carbonyl (C=O) groups excluding carboxylic acids is 1. The number of thioether (sulfide) groups is 2. The minimum atomic E-state index is -0.0555. The second-order valence-electron chi connectivity index (χ2n) is 6.20. The molecule has 2 unspecified atom stereocenters. The third-order valence-electron chi connectivity index (χ3n) is 4.36. The number of hydrogen-bond acceptors (Lipinski definition) is 6. The second-order valence-corrected chi connectivity index (χ2v) is 8.53. The number of benzene rings is 1. The highest BCUT2D eigenvalue weighted by Gasteiger charge is 2.33. The Morgan fingerprint density at radius 3 is 2.92 bits per heavy atom. The van der Waals surface area contributed by atoms with Crippen molar-refractivity contribution in [1.29, 1.82) is 0 Å². The number of aryl methyl sites for hydroxylation is 1. The highest BCUT2D eigenvalue weighted by atomic mass is 32.2. The lowest BCUT2D eigenvalue weighted by Crippen LogP contribution is -2.15. The van der Waals surface area contributed by atoms with Crippen LogP contribution < -0.4 is 10.1 Å². The van der Waals surface area contributed by atoms with Gasteiger partial charge >= 0.3 is 0 Å². The van der Waals surface area contributed by atoms with Crippen molar-refractivity contribution < 1.29 is 9.53 Å². The maximum atomic E-state index is 12.4. The summed E-state index contributed by atoms with van der Waals surface area (Å²) in [6.07, 6.45) is 1.05. The van der Waals surface area contributed by atoms with Crippen LogP contribution in [0.3, 0.4) is 0 Å². The first-order valence-electron chi connectivity index (χ1n) is 8.63. The van der Waals surface area contributed by atoms with E-state index in [-0.39, 0.29) is 5.91 Å². The van der Waals surface area contributed by atoms with Crippen LogP contribution in [0.15, 0.2) is 34.3 Å². The Morgan fingerprint density at radius 1 is 1.38 bits per heavy atom. The number of fused-ring (bicyclic) bond motifs is 1. The summed E-state index contributed by atoms with van der Waals surface area (Å²) in [7, 11) is 1.61. The van der Waals surface area contributed by atoms with Crippen LogP contribution in [-0.2, 0) is 4.79 Å². The van der Waals surface area contributed by atoms with Gasteiger partial charge in [-0.1, -0.05) is 31.7 Å². The van der Waals surface area contributed by atoms with Crippen molar-refractivity contribution in [2.24, 2.45) is 0 Å². The fourth-order valence-corrected chi connectivity index (χ4v) is 5.52. The van der Waals surface area contributed by atoms with Crippen molar-refractivity contribution in [3.63, 3.8) is 0 Å². The Kier molecular flexibility index (Phi) is 6.09. The molecular formula is C19H23N3O2S2. The fourth-order valence-electron chi connectivity index (χ4n) is 3.11. The van der Waals surface area contributed by atoms with Crippen molar-refractivity contribution in [2.75, 3.05) is 18.2 Å². The van der Waals surface area contributed by atoms with E-state index in [0.29, 0.717) is 16.9 Å². The normalized spacial score (nSPS) is 18.5. The number of anilines is 1. The number of aromatic nitrogens is 2. The molecule has 1 N–H and O–H groups in total. The van der Waals surface area contributed by atoms with E-state index in [2.05, 4.69) is 29.1 Å². The molecule has 0 fully saturated rings. The van der Waals surface area contributed by atoms with Crippen LogP contribution in [0, 0.1) is 6.92 Å². The average Bonchev–Trinajstić information content (AvgIpc) is 2.94. The number of rotatable bonds is 6. The predicted molar refractivity (Wildman–Crippen MR) is 107 cm³/mol. The van der Waals surface area contributed by atoms with E-state index >= 15 is 0 Å². The van der Waals surface area contributed by atoms with Crippen LogP contribution in [0.1, 0.15) is 37.6 Å². The molecule has 1 amide bonds. The van der Waals surface area contributed by atoms with Crippen LogP contribution in [0.25, 0.3) is 0 Å². The first-order valence-corrected chi connectivity index (χ1v) is 10.5. The quantitative estimate of drug-likeness (QED) is 0.579. The largest absolute Gasteiger partial charge is 0.497 e. The Morgan fingerprint density at radius 2 is 2.19 bits per heavy atom. The van der Waals surface area contributed by atoms with E-state index in [1.165, 1.54) is 17.3 Å². The molecule has 2 aromatic rings. The monoisotopic (exact) mass is 389 g/mol. The number of amides is 1. The summed E-state index contributed by atoms with van der Waals surface area (Å²) in [4.78, 5) is 21.6. The van der Waals surface area contributed by atoms with Gasteiger partial charge in [-0.2, -0.15) is 0 Å². The van der Waals surface area contributed by atoms with E-state index in [1.807, 2.05) is 36.9 Å². The second kappa shape index (κ2) is 8.31. The first kappa shape index (κ1) is 19.0.